The highest BCUT2D eigenvalue weighted by molar-refractivity contribution is 5.81. The van der Waals surface area contributed by atoms with E-state index in [-0.39, 0.29) is 11.9 Å². The molecule has 2 N–H and O–H groups in total. The predicted molar refractivity (Wildman–Crippen MR) is 108 cm³/mol. The summed E-state index contributed by atoms with van der Waals surface area (Å²) in [6.45, 7) is 9.17. The van der Waals surface area contributed by atoms with Crippen LogP contribution >= 0.6 is 0 Å². The lowest BCUT2D eigenvalue weighted by molar-refractivity contribution is -0.126. The highest BCUT2D eigenvalue weighted by Gasteiger charge is 2.26. The molecule has 0 spiro atoms. The highest BCUT2D eigenvalue weighted by Crippen LogP contribution is 2.13. The van der Waals surface area contributed by atoms with Gasteiger partial charge in [0.25, 0.3) is 0 Å². The van der Waals surface area contributed by atoms with E-state index in [1.54, 1.807) is 0 Å². The molecule has 6 heteroatoms. The number of likely N-dealkylation sites (N-methyl/N-ethyl adjacent to an activating group) is 1. The van der Waals surface area contributed by atoms with Gasteiger partial charge in [-0.25, -0.2) is 0 Å². The topological polar surface area (TPSA) is 56.8 Å². The summed E-state index contributed by atoms with van der Waals surface area (Å²) in [5, 5.41) is 6.44. The summed E-state index contributed by atoms with van der Waals surface area (Å²) >= 11 is 0. The Bertz CT molecular complexity index is 586. The highest BCUT2D eigenvalue weighted by atomic mass is 16.5. The van der Waals surface area contributed by atoms with E-state index in [0.29, 0.717) is 12.6 Å². The Morgan fingerprint density at radius 2 is 1.89 bits per heavy atom. The van der Waals surface area contributed by atoms with E-state index in [1.807, 2.05) is 14.0 Å². The second-order valence-electron chi connectivity index (χ2n) is 7.72. The van der Waals surface area contributed by atoms with Crippen molar-refractivity contribution in [3.8, 4) is 0 Å². The summed E-state index contributed by atoms with van der Waals surface area (Å²) in [5.74, 6) is 0.115. The first-order valence-corrected chi connectivity index (χ1v) is 10.2. The number of amides is 1. The minimum atomic E-state index is -0.0817. The normalized spacial score (nSPS) is 23.1. The third-order valence-electron chi connectivity index (χ3n) is 5.79. The van der Waals surface area contributed by atoms with Gasteiger partial charge in [0.15, 0.2) is 0 Å². The quantitative estimate of drug-likeness (QED) is 0.751. The second kappa shape index (κ2) is 10.2. The van der Waals surface area contributed by atoms with Crippen LogP contribution in [0.15, 0.2) is 24.3 Å². The molecule has 0 aromatic heterocycles. The van der Waals surface area contributed by atoms with Crippen LogP contribution in [0.25, 0.3) is 0 Å². The second-order valence-corrected chi connectivity index (χ2v) is 7.72. The van der Waals surface area contributed by atoms with Gasteiger partial charge in [-0.15, -0.1) is 0 Å². The Kier molecular flexibility index (Phi) is 7.64. The molecule has 150 valence electrons. The van der Waals surface area contributed by atoms with E-state index in [4.69, 9.17) is 4.74 Å². The molecule has 2 atom stereocenters. The Morgan fingerprint density at radius 3 is 2.59 bits per heavy atom. The monoisotopic (exact) mass is 374 g/mol. The van der Waals surface area contributed by atoms with Gasteiger partial charge in [-0.05, 0) is 44.5 Å². The minimum Gasteiger partial charge on any atom is -0.379 e. The first-order valence-electron chi connectivity index (χ1n) is 10.2. The third kappa shape index (κ3) is 6.01. The van der Waals surface area contributed by atoms with Crippen LogP contribution in [0.1, 0.15) is 30.9 Å². The van der Waals surface area contributed by atoms with E-state index in [9.17, 15) is 4.79 Å². The van der Waals surface area contributed by atoms with Gasteiger partial charge in [-0.1, -0.05) is 24.3 Å². The van der Waals surface area contributed by atoms with Gasteiger partial charge in [-0.3, -0.25) is 14.6 Å². The number of nitrogens with zero attached hydrogens (tertiary/aromatic N) is 2. The maximum atomic E-state index is 12.5. The molecule has 1 aromatic rings. The average Bonchev–Trinajstić information content (AvgIpc) is 2.73. The molecule has 0 bridgehead atoms. The molecule has 2 unspecified atom stereocenters. The molecule has 6 nitrogen and oxygen atoms in total. The summed E-state index contributed by atoms with van der Waals surface area (Å²) in [7, 11) is 2.00. The van der Waals surface area contributed by atoms with Gasteiger partial charge in [0.05, 0.1) is 19.3 Å². The molecule has 2 fully saturated rings. The van der Waals surface area contributed by atoms with Crippen LogP contribution in [-0.2, 0) is 22.6 Å². The fourth-order valence-electron chi connectivity index (χ4n) is 3.88. The Balaban J connectivity index is 1.44. The van der Waals surface area contributed by atoms with Gasteiger partial charge in [0, 0.05) is 38.8 Å². The van der Waals surface area contributed by atoms with Crippen molar-refractivity contribution in [2.24, 2.45) is 0 Å². The fourth-order valence-corrected chi connectivity index (χ4v) is 3.88. The summed E-state index contributed by atoms with van der Waals surface area (Å²) < 4.78 is 5.40. The van der Waals surface area contributed by atoms with Gasteiger partial charge in [0.1, 0.15) is 0 Å². The summed E-state index contributed by atoms with van der Waals surface area (Å²) in [6, 6.07) is 9.00. The molecule has 0 saturated carbocycles. The van der Waals surface area contributed by atoms with Crippen LogP contribution < -0.4 is 10.6 Å². The van der Waals surface area contributed by atoms with Crippen LogP contribution in [0.3, 0.4) is 0 Å². The number of piperidine rings is 1. The fraction of sp³-hybridized carbons (Fsp3) is 0.667. The van der Waals surface area contributed by atoms with E-state index in [0.717, 1.165) is 57.9 Å². The molecule has 0 radical (unpaired) electrons. The van der Waals surface area contributed by atoms with E-state index in [2.05, 4.69) is 44.7 Å². The molecule has 0 aliphatic carbocycles. The largest absolute Gasteiger partial charge is 0.379 e. The smallest absolute Gasteiger partial charge is 0.237 e. The number of morpholine rings is 1. The van der Waals surface area contributed by atoms with Gasteiger partial charge >= 0.3 is 0 Å². The van der Waals surface area contributed by atoms with Crippen molar-refractivity contribution in [1.82, 2.24) is 20.4 Å². The zero-order valence-corrected chi connectivity index (χ0v) is 16.7. The number of hydrogen-bond donors (Lipinski definition) is 2. The van der Waals surface area contributed by atoms with Crippen LogP contribution in [0.5, 0.6) is 0 Å². The molecule has 2 aliphatic rings. The molecule has 2 heterocycles. The van der Waals surface area contributed by atoms with E-state index >= 15 is 0 Å². The molecule has 2 aliphatic heterocycles. The van der Waals surface area contributed by atoms with Crippen LogP contribution in [0.4, 0.5) is 0 Å². The summed E-state index contributed by atoms with van der Waals surface area (Å²) in [6.07, 6.45) is 2.34. The van der Waals surface area contributed by atoms with Crippen LogP contribution in [0.2, 0.25) is 0 Å². The number of ether oxygens (including phenoxy) is 1. The van der Waals surface area contributed by atoms with Crippen molar-refractivity contribution in [2.75, 3.05) is 46.4 Å². The Labute approximate surface area is 163 Å². The lowest BCUT2D eigenvalue weighted by Crippen LogP contribution is -2.52. The van der Waals surface area contributed by atoms with Crippen LogP contribution in [-0.4, -0.2) is 74.2 Å². The molecule has 1 aromatic carbocycles. The predicted octanol–water partition coefficient (Wildman–Crippen LogP) is 1.21. The average molecular weight is 375 g/mol. The van der Waals surface area contributed by atoms with Gasteiger partial charge < -0.3 is 15.4 Å². The first-order chi connectivity index (χ1) is 13.2. The van der Waals surface area contributed by atoms with Gasteiger partial charge in [-0.2, -0.15) is 0 Å². The zero-order chi connectivity index (χ0) is 19.1. The molecule has 27 heavy (non-hydrogen) atoms. The maximum absolute atomic E-state index is 12.5. The number of carbonyl (C=O) groups is 1. The number of rotatable bonds is 7. The molecule has 3 rings (SSSR count). The molecule has 1 amide bonds. The molecule has 2 saturated heterocycles. The SMILES string of the molecule is CNC1CCCN(C(C)C(=O)NCc2ccc(CN3CCOCC3)cc2)C1. The standard InChI is InChI=1S/C21H34N4O2/c1-17(25-9-3-4-20(16-25)22-2)21(26)23-14-18-5-7-19(8-6-18)15-24-10-12-27-13-11-24/h5-8,17,20,22H,3-4,9-16H2,1-2H3,(H,23,26). The van der Waals surface area contributed by atoms with Crippen molar-refractivity contribution in [3.63, 3.8) is 0 Å². The lowest BCUT2D eigenvalue weighted by atomic mass is 10.0. The Hall–Kier alpha value is -1.47. The number of likely N-dealkylation sites (tertiary alicyclic amines) is 1. The van der Waals surface area contributed by atoms with Crippen molar-refractivity contribution < 1.29 is 9.53 Å². The molecular formula is C21H34N4O2. The summed E-state index contributed by atoms with van der Waals surface area (Å²) in [5.41, 5.74) is 2.46. The zero-order valence-electron chi connectivity index (χ0n) is 16.7. The number of benzene rings is 1. The summed E-state index contributed by atoms with van der Waals surface area (Å²) in [4.78, 5) is 17.2. The third-order valence-corrected chi connectivity index (χ3v) is 5.79. The molecular weight excluding hydrogens is 340 g/mol. The number of hydrogen-bond acceptors (Lipinski definition) is 5. The van der Waals surface area contributed by atoms with E-state index < -0.39 is 0 Å². The van der Waals surface area contributed by atoms with Crippen molar-refractivity contribution in [2.45, 2.75) is 44.9 Å². The minimum absolute atomic E-state index is 0.0817. The number of nitrogens with one attached hydrogen (secondary N) is 2. The van der Waals surface area contributed by atoms with E-state index in [1.165, 1.54) is 12.0 Å². The van der Waals surface area contributed by atoms with Crippen molar-refractivity contribution in [3.05, 3.63) is 35.4 Å². The van der Waals surface area contributed by atoms with Crippen LogP contribution in [0, 0.1) is 0 Å². The van der Waals surface area contributed by atoms with Crippen molar-refractivity contribution in [1.29, 1.82) is 0 Å². The first kappa shape index (κ1) is 20.3. The lowest BCUT2D eigenvalue weighted by Gasteiger charge is -2.35. The maximum Gasteiger partial charge on any atom is 0.237 e. The van der Waals surface area contributed by atoms with Crippen molar-refractivity contribution >= 4 is 5.91 Å². The Morgan fingerprint density at radius 1 is 1.19 bits per heavy atom. The van der Waals surface area contributed by atoms with Gasteiger partial charge in [0.2, 0.25) is 5.91 Å². The number of carbonyl (C=O) groups excluding carboxylic acids is 1.